The van der Waals surface area contributed by atoms with Gasteiger partial charge in [0.2, 0.25) is 11.7 Å². The van der Waals surface area contributed by atoms with E-state index in [9.17, 15) is 9.18 Å². The van der Waals surface area contributed by atoms with E-state index in [0.29, 0.717) is 49.8 Å². The molecule has 0 N–H and O–H groups in total. The molecule has 0 saturated heterocycles. The van der Waals surface area contributed by atoms with Crippen molar-refractivity contribution < 1.29 is 8.91 Å². The third-order valence-corrected chi connectivity index (χ3v) is 5.87. The molecule has 0 aliphatic carbocycles. The van der Waals surface area contributed by atoms with Crippen molar-refractivity contribution in [1.82, 2.24) is 19.7 Å². The minimum atomic E-state index is -0.339. The summed E-state index contributed by atoms with van der Waals surface area (Å²) in [5.41, 5.74) is 1.65. The van der Waals surface area contributed by atoms with Gasteiger partial charge in [-0.05, 0) is 54.6 Å². The van der Waals surface area contributed by atoms with Gasteiger partial charge >= 0.3 is 0 Å². The second-order valence-electron chi connectivity index (χ2n) is 6.84. The van der Waals surface area contributed by atoms with Crippen LogP contribution in [0.5, 0.6) is 0 Å². The highest BCUT2D eigenvalue weighted by molar-refractivity contribution is 7.98. The van der Waals surface area contributed by atoms with E-state index in [-0.39, 0.29) is 11.4 Å². The highest BCUT2D eigenvalue weighted by Crippen LogP contribution is 2.26. The van der Waals surface area contributed by atoms with Crippen molar-refractivity contribution in [2.75, 3.05) is 0 Å². The molecule has 32 heavy (non-hydrogen) atoms. The SMILES string of the molecule is O=c1c2ccccc2nc(SCc2nc(-c3ccc(F)cc3)no2)n1-c1cccc(Cl)c1. The van der Waals surface area contributed by atoms with Crippen LogP contribution >= 0.6 is 23.4 Å². The number of rotatable bonds is 5. The summed E-state index contributed by atoms with van der Waals surface area (Å²) in [7, 11) is 0. The molecule has 0 radical (unpaired) electrons. The number of benzene rings is 3. The predicted molar refractivity (Wildman–Crippen MR) is 122 cm³/mol. The molecule has 0 aliphatic rings. The first-order valence-corrected chi connectivity index (χ1v) is 10.9. The van der Waals surface area contributed by atoms with Crippen molar-refractivity contribution in [3.05, 3.63) is 99.9 Å². The molecule has 0 saturated carbocycles. The molecule has 0 unspecified atom stereocenters. The summed E-state index contributed by atoms with van der Waals surface area (Å²) >= 11 is 7.46. The van der Waals surface area contributed by atoms with Crippen LogP contribution < -0.4 is 5.56 Å². The van der Waals surface area contributed by atoms with Crippen molar-refractivity contribution in [3.8, 4) is 17.1 Å². The molecule has 0 bridgehead atoms. The van der Waals surface area contributed by atoms with Crippen LogP contribution in [0.15, 0.2) is 87.3 Å². The molecule has 0 atom stereocenters. The van der Waals surface area contributed by atoms with E-state index in [4.69, 9.17) is 16.1 Å². The zero-order valence-corrected chi connectivity index (χ0v) is 18.0. The largest absolute Gasteiger partial charge is 0.338 e. The van der Waals surface area contributed by atoms with Crippen molar-refractivity contribution >= 4 is 34.3 Å². The highest BCUT2D eigenvalue weighted by atomic mass is 35.5. The van der Waals surface area contributed by atoms with E-state index in [0.717, 1.165) is 0 Å². The van der Waals surface area contributed by atoms with Gasteiger partial charge in [-0.1, -0.05) is 46.7 Å². The van der Waals surface area contributed by atoms with Crippen molar-refractivity contribution in [3.63, 3.8) is 0 Å². The molecule has 3 aromatic carbocycles. The fourth-order valence-corrected chi connectivity index (χ4v) is 4.24. The van der Waals surface area contributed by atoms with Crippen LogP contribution in [0.2, 0.25) is 5.02 Å². The molecule has 0 amide bonds. The van der Waals surface area contributed by atoms with Crippen LogP contribution in [0.3, 0.4) is 0 Å². The Hall–Kier alpha value is -3.49. The first-order valence-electron chi connectivity index (χ1n) is 9.57. The van der Waals surface area contributed by atoms with Gasteiger partial charge in [0.15, 0.2) is 5.16 Å². The van der Waals surface area contributed by atoms with E-state index in [2.05, 4.69) is 15.1 Å². The molecular weight excluding hydrogens is 451 g/mol. The van der Waals surface area contributed by atoms with Gasteiger partial charge in [-0.25, -0.2) is 9.37 Å². The lowest BCUT2D eigenvalue weighted by atomic mass is 10.2. The molecule has 0 aliphatic heterocycles. The van der Waals surface area contributed by atoms with Crippen LogP contribution in [-0.4, -0.2) is 19.7 Å². The van der Waals surface area contributed by atoms with E-state index in [1.165, 1.54) is 28.5 Å². The number of aromatic nitrogens is 4. The van der Waals surface area contributed by atoms with Gasteiger partial charge in [0.05, 0.1) is 22.3 Å². The maximum absolute atomic E-state index is 13.3. The number of thioether (sulfide) groups is 1. The maximum Gasteiger partial charge on any atom is 0.266 e. The third-order valence-electron chi connectivity index (χ3n) is 4.71. The molecular formula is C23H14ClFN4O2S. The highest BCUT2D eigenvalue weighted by Gasteiger charge is 2.16. The Morgan fingerprint density at radius 3 is 2.62 bits per heavy atom. The van der Waals surface area contributed by atoms with Crippen molar-refractivity contribution in [2.24, 2.45) is 0 Å². The lowest BCUT2D eigenvalue weighted by molar-refractivity contribution is 0.391. The van der Waals surface area contributed by atoms with Gasteiger partial charge in [-0.2, -0.15) is 4.98 Å². The van der Waals surface area contributed by atoms with E-state index >= 15 is 0 Å². The summed E-state index contributed by atoms with van der Waals surface area (Å²) in [6.07, 6.45) is 0. The van der Waals surface area contributed by atoms with E-state index in [1.54, 1.807) is 54.6 Å². The lowest BCUT2D eigenvalue weighted by Crippen LogP contribution is -2.21. The summed E-state index contributed by atoms with van der Waals surface area (Å²) in [6, 6.07) is 20.0. The van der Waals surface area contributed by atoms with Gasteiger partial charge < -0.3 is 4.52 Å². The van der Waals surface area contributed by atoms with Crippen LogP contribution in [0.4, 0.5) is 4.39 Å². The fourth-order valence-electron chi connectivity index (χ4n) is 3.21. The summed E-state index contributed by atoms with van der Waals surface area (Å²) in [5.74, 6) is 0.669. The molecule has 9 heteroatoms. The maximum atomic E-state index is 13.3. The Bertz CT molecular complexity index is 1480. The number of nitrogens with zero attached hydrogens (tertiary/aromatic N) is 4. The van der Waals surface area contributed by atoms with Gasteiger partial charge in [-0.3, -0.25) is 9.36 Å². The summed E-state index contributed by atoms with van der Waals surface area (Å²) in [4.78, 5) is 22.3. The smallest absolute Gasteiger partial charge is 0.266 e. The predicted octanol–water partition coefficient (Wildman–Crippen LogP) is 5.52. The normalized spacial score (nSPS) is 11.2. The minimum Gasteiger partial charge on any atom is -0.338 e. The average Bonchev–Trinajstić information content (AvgIpc) is 3.27. The zero-order valence-electron chi connectivity index (χ0n) is 16.4. The number of fused-ring (bicyclic) bond motifs is 1. The number of halogens is 2. The molecule has 2 heterocycles. The molecule has 0 spiro atoms. The quantitative estimate of drug-likeness (QED) is 0.252. The third kappa shape index (κ3) is 4.02. The number of hydrogen-bond donors (Lipinski definition) is 0. The van der Waals surface area contributed by atoms with Crippen LogP contribution in [-0.2, 0) is 5.75 Å². The summed E-state index contributed by atoms with van der Waals surface area (Å²) in [6.45, 7) is 0. The Kier molecular flexibility index (Phi) is 5.46. The monoisotopic (exact) mass is 464 g/mol. The summed E-state index contributed by atoms with van der Waals surface area (Å²) < 4.78 is 20.0. The molecule has 2 aromatic heterocycles. The second-order valence-corrected chi connectivity index (χ2v) is 8.22. The molecule has 6 nitrogen and oxygen atoms in total. The van der Waals surface area contributed by atoms with E-state index < -0.39 is 0 Å². The Morgan fingerprint density at radius 2 is 1.81 bits per heavy atom. The lowest BCUT2D eigenvalue weighted by Gasteiger charge is -2.12. The van der Waals surface area contributed by atoms with Crippen molar-refractivity contribution in [1.29, 1.82) is 0 Å². The Labute approximate surface area is 190 Å². The molecule has 158 valence electrons. The molecule has 5 aromatic rings. The van der Waals surface area contributed by atoms with E-state index in [1.807, 2.05) is 6.07 Å². The van der Waals surface area contributed by atoms with Crippen LogP contribution in [0.1, 0.15) is 5.89 Å². The standard InChI is InChI=1S/C23H14ClFN4O2S/c24-15-4-3-5-17(12-15)29-22(30)18-6-1-2-7-19(18)26-23(29)32-13-20-27-21(28-31-20)14-8-10-16(25)11-9-14/h1-12H,13H2. The first kappa shape index (κ1) is 20.4. The minimum absolute atomic E-state index is 0.196. The van der Waals surface area contributed by atoms with Crippen LogP contribution in [0, 0.1) is 5.82 Å². The molecule has 0 fully saturated rings. The topological polar surface area (TPSA) is 73.8 Å². The van der Waals surface area contributed by atoms with Gasteiger partial charge in [0.1, 0.15) is 5.82 Å². The van der Waals surface area contributed by atoms with Gasteiger partial charge in [0.25, 0.3) is 5.56 Å². The second kappa shape index (κ2) is 8.57. The van der Waals surface area contributed by atoms with Gasteiger partial charge in [0, 0.05) is 10.6 Å². The number of para-hydroxylation sites is 1. The fraction of sp³-hybridized carbons (Fsp3) is 0.0435. The Balaban J connectivity index is 1.51. The summed E-state index contributed by atoms with van der Waals surface area (Å²) in [5, 5.41) is 5.45. The zero-order chi connectivity index (χ0) is 22.1. The number of hydrogen-bond acceptors (Lipinski definition) is 6. The van der Waals surface area contributed by atoms with Crippen molar-refractivity contribution in [2.45, 2.75) is 10.9 Å². The van der Waals surface area contributed by atoms with Gasteiger partial charge in [-0.15, -0.1) is 0 Å². The molecule has 5 rings (SSSR count). The first-order chi connectivity index (χ1) is 15.6. The Morgan fingerprint density at radius 1 is 1.00 bits per heavy atom. The van der Waals surface area contributed by atoms with Crippen LogP contribution in [0.25, 0.3) is 28.0 Å². The average molecular weight is 465 g/mol.